The van der Waals surface area contributed by atoms with Crippen LogP contribution in [-0.2, 0) is 40.5 Å². The number of nitrogens with zero attached hydrogens (tertiary/aromatic N) is 2. The summed E-state index contributed by atoms with van der Waals surface area (Å²) in [6, 6.07) is 15.9. The van der Waals surface area contributed by atoms with Gasteiger partial charge >= 0.3 is 7.82 Å². The Balaban J connectivity index is 2.01. The quantitative estimate of drug-likeness (QED) is 0.0818. The Morgan fingerprint density at radius 1 is 1.02 bits per heavy atom. The molecule has 0 saturated carbocycles. The van der Waals surface area contributed by atoms with Gasteiger partial charge < -0.3 is 28.5 Å². The predicted octanol–water partition coefficient (Wildman–Crippen LogP) is 5.89. The zero-order valence-electron chi connectivity index (χ0n) is 25.6. The molecule has 0 saturated heterocycles. The highest BCUT2D eigenvalue weighted by molar-refractivity contribution is 7.48. The molecule has 2 unspecified atom stereocenters. The number of benzene rings is 2. The highest BCUT2D eigenvalue weighted by Gasteiger charge is 2.30. The first-order valence-corrected chi connectivity index (χ1v) is 15.6. The number of halogens is 1. The molecule has 2 rings (SSSR count). The smallest absolute Gasteiger partial charge is 0.497 e. The molecule has 12 heteroatoms. The van der Waals surface area contributed by atoms with E-state index in [0.29, 0.717) is 19.6 Å². The molecule has 0 bridgehead atoms. The topological polar surface area (TPSA) is 96.0 Å². The standard InChI is InChI=1S/C30H44ClN2O8P/c1-8-33(9-2)30(34)29(31)23(3)41-42(35,37-7)40-22-39-27(20-32(4)5)21-38-28-16-11-10-14-25(28)18-17-24-13-12-15-26(19-24)36-6/h10-16,19,27H,8-9,17-18,20-22H2,1-7H3/b29-23+. The number of aryl methyl sites for hydroxylation is 2. The Bertz CT molecular complexity index is 1210. The number of carbonyl (C=O) groups excluding carboxylic acids is 1. The van der Waals surface area contributed by atoms with Crippen molar-refractivity contribution in [1.29, 1.82) is 0 Å². The molecule has 1 amide bonds. The van der Waals surface area contributed by atoms with Crippen LogP contribution >= 0.6 is 19.4 Å². The second-order valence-electron chi connectivity index (χ2n) is 9.64. The summed E-state index contributed by atoms with van der Waals surface area (Å²) in [4.78, 5) is 16.0. The van der Waals surface area contributed by atoms with E-state index in [1.165, 1.54) is 24.5 Å². The lowest BCUT2D eigenvalue weighted by molar-refractivity contribution is -0.126. The SMILES string of the molecule is CCN(CC)C(=O)/C(Cl)=C(/C)OP(=O)(OC)OCOC(COc1ccccc1CCc1cccc(OC)c1)CN(C)C. The minimum Gasteiger partial charge on any atom is -0.497 e. The third-order valence-corrected chi connectivity index (χ3v) is 8.11. The summed E-state index contributed by atoms with van der Waals surface area (Å²) >= 11 is 6.19. The monoisotopic (exact) mass is 626 g/mol. The van der Waals surface area contributed by atoms with Crippen LogP contribution in [0, 0.1) is 0 Å². The summed E-state index contributed by atoms with van der Waals surface area (Å²) in [5.74, 6) is 1.07. The molecule has 0 spiro atoms. The molecule has 10 nitrogen and oxygen atoms in total. The van der Waals surface area contributed by atoms with Gasteiger partial charge in [-0.2, -0.15) is 0 Å². The molecule has 0 fully saturated rings. The lowest BCUT2D eigenvalue weighted by atomic mass is 10.0. The molecule has 2 aromatic rings. The van der Waals surface area contributed by atoms with Crippen molar-refractivity contribution in [3.05, 3.63) is 70.4 Å². The van der Waals surface area contributed by atoms with Crippen LogP contribution in [0.25, 0.3) is 0 Å². The molecular formula is C30H44ClN2O8P. The Morgan fingerprint density at radius 2 is 1.74 bits per heavy atom. The van der Waals surface area contributed by atoms with Gasteiger partial charge in [0, 0.05) is 26.7 Å². The minimum atomic E-state index is -4.12. The van der Waals surface area contributed by atoms with Crippen LogP contribution in [0.1, 0.15) is 31.9 Å². The zero-order chi connectivity index (χ0) is 31.1. The number of para-hydroxylation sites is 1. The Labute approximate surface area is 255 Å². The summed E-state index contributed by atoms with van der Waals surface area (Å²) < 4.78 is 46.2. The van der Waals surface area contributed by atoms with E-state index in [4.69, 9.17) is 39.4 Å². The van der Waals surface area contributed by atoms with E-state index in [1.54, 1.807) is 7.11 Å². The van der Waals surface area contributed by atoms with Crippen LogP contribution < -0.4 is 9.47 Å². The zero-order valence-corrected chi connectivity index (χ0v) is 27.3. The number of phosphoric ester groups is 1. The molecule has 2 aromatic carbocycles. The Morgan fingerprint density at radius 3 is 2.38 bits per heavy atom. The first-order chi connectivity index (χ1) is 20.0. The molecule has 42 heavy (non-hydrogen) atoms. The molecule has 2 atom stereocenters. The van der Waals surface area contributed by atoms with Crippen LogP contribution in [0.2, 0.25) is 0 Å². The molecule has 0 aromatic heterocycles. The van der Waals surface area contributed by atoms with E-state index in [0.717, 1.165) is 29.9 Å². The molecule has 0 aliphatic carbocycles. The first-order valence-electron chi connectivity index (χ1n) is 13.8. The number of hydrogen-bond acceptors (Lipinski definition) is 9. The number of amides is 1. The normalized spacial score (nSPS) is 14.1. The van der Waals surface area contributed by atoms with Gasteiger partial charge in [-0.3, -0.25) is 9.32 Å². The maximum absolute atomic E-state index is 13.1. The van der Waals surface area contributed by atoms with Crippen molar-refractivity contribution in [2.24, 2.45) is 0 Å². The lowest BCUT2D eigenvalue weighted by Gasteiger charge is -2.24. The highest BCUT2D eigenvalue weighted by Crippen LogP contribution is 2.51. The van der Waals surface area contributed by atoms with Crippen molar-refractivity contribution in [1.82, 2.24) is 9.80 Å². The van der Waals surface area contributed by atoms with Gasteiger partial charge in [0.25, 0.3) is 5.91 Å². The first kappa shape index (κ1) is 35.6. The summed E-state index contributed by atoms with van der Waals surface area (Å²) in [5, 5.41) is -0.204. The van der Waals surface area contributed by atoms with Gasteiger partial charge in [0.2, 0.25) is 0 Å². The van der Waals surface area contributed by atoms with Crippen molar-refractivity contribution in [3.8, 4) is 11.5 Å². The third-order valence-electron chi connectivity index (χ3n) is 6.32. The average molecular weight is 627 g/mol. The van der Waals surface area contributed by atoms with Crippen LogP contribution in [0.15, 0.2) is 59.3 Å². The second-order valence-corrected chi connectivity index (χ2v) is 11.7. The fourth-order valence-electron chi connectivity index (χ4n) is 4.02. The van der Waals surface area contributed by atoms with Gasteiger partial charge in [-0.1, -0.05) is 41.9 Å². The molecule has 234 valence electrons. The predicted molar refractivity (Wildman–Crippen MR) is 164 cm³/mol. The summed E-state index contributed by atoms with van der Waals surface area (Å²) in [6.07, 6.45) is 1.18. The number of likely N-dealkylation sites (N-methyl/N-ethyl adjacent to an activating group) is 2. The fourth-order valence-corrected chi connectivity index (χ4v) is 5.08. The molecule has 0 N–H and O–H groups in total. The van der Waals surface area contributed by atoms with E-state index in [9.17, 15) is 9.36 Å². The number of hydrogen-bond donors (Lipinski definition) is 0. The molecule has 0 aliphatic heterocycles. The van der Waals surface area contributed by atoms with E-state index in [1.807, 2.05) is 75.3 Å². The van der Waals surface area contributed by atoms with Gasteiger partial charge in [0.05, 0.1) is 7.11 Å². The van der Waals surface area contributed by atoms with E-state index in [2.05, 4.69) is 6.07 Å². The van der Waals surface area contributed by atoms with E-state index >= 15 is 0 Å². The third kappa shape index (κ3) is 11.6. The number of allylic oxidation sites excluding steroid dienone is 1. The fraction of sp³-hybridized carbons (Fsp3) is 0.500. The number of methoxy groups -OCH3 is 1. The highest BCUT2D eigenvalue weighted by atomic mass is 35.5. The lowest BCUT2D eigenvalue weighted by Crippen LogP contribution is -2.34. The Kier molecular flexibility index (Phi) is 15.4. The summed E-state index contributed by atoms with van der Waals surface area (Å²) in [6.45, 7) is 6.34. The maximum atomic E-state index is 13.1. The molecule has 0 aliphatic rings. The number of carbonyl (C=O) groups is 1. The van der Waals surface area contributed by atoms with Crippen molar-refractivity contribution >= 4 is 25.3 Å². The van der Waals surface area contributed by atoms with Crippen LogP contribution in [-0.4, -0.2) is 83.2 Å². The number of ether oxygens (including phenoxy) is 3. The van der Waals surface area contributed by atoms with Crippen LogP contribution in [0.3, 0.4) is 0 Å². The van der Waals surface area contributed by atoms with Crippen LogP contribution in [0.5, 0.6) is 11.5 Å². The van der Waals surface area contributed by atoms with Gasteiger partial charge in [-0.05, 0) is 77.0 Å². The van der Waals surface area contributed by atoms with E-state index in [-0.39, 0.29) is 17.4 Å². The average Bonchev–Trinajstić information content (AvgIpc) is 2.99. The van der Waals surface area contributed by atoms with Gasteiger partial charge in [0.1, 0.15) is 35.0 Å². The Hall–Kier alpha value is -2.59. The molecule has 0 heterocycles. The van der Waals surface area contributed by atoms with Gasteiger partial charge in [-0.15, -0.1) is 0 Å². The summed E-state index contributed by atoms with van der Waals surface area (Å²) in [5.41, 5.74) is 2.24. The van der Waals surface area contributed by atoms with Crippen molar-refractivity contribution in [2.75, 3.05) is 61.3 Å². The van der Waals surface area contributed by atoms with Gasteiger partial charge in [-0.25, -0.2) is 9.09 Å². The largest absolute Gasteiger partial charge is 0.531 e. The van der Waals surface area contributed by atoms with Crippen molar-refractivity contribution in [2.45, 2.75) is 39.7 Å². The number of phosphoric acid groups is 1. The van der Waals surface area contributed by atoms with Crippen molar-refractivity contribution in [3.63, 3.8) is 0 Å². The molecular weight excluding hydrogens is 583 g/mol. The van der Waals surface area contributed by atoms with Crippen molar-refractivity contribution < 1.29 is 37.1 Å². The number of rotatable bonds is 19. The summed E-state index contributed by atoms with van der Waals surface area (Å²) in [7, 11) is 2.53. The molecule has 0 radical (unpaired) electrons. The minimum absolute atomic E-state index is 0.0718. The maximum Gasteiger partial charge on any atom is 0.531 e. The van der Waals surface area contributed by atoms with Crippen LogP contribution in [0.4, 0.5) is 0 Å². The second kappa shape index (κ2) is 18.2. The van der Waals surface area contributed by atoms with E-state index < -0.39 is 26.6 Å². The van der Waals surface area contributed by atoms with Gasteiger partial charge in [0.15, 0.2) is 6.79 Å².